The van der Waals surface area contributed by atoms with Crippen molar-refractivity contribution >= 4 is 23.2 Å². The molecular weight excluding hydrogens is 254 g/mol. The summed E-state index contributed by atoms with van der Waals surface area (Å²) in [6.45, 7) is 1.07. The van der Waals surface area contributed by atoms with E-state index in [0.717, 1.165) is 11.5 Å². The van der Waals surface area contributed by atoms with E-state index < -0.39 is 0 Å². The average molecular weight is 271 g/mol. The molecule has 6 nitrogen and oxygen atoms in total. The molecular formula is C14H17N5O. The van der Waals surface area contributed by atoms with Gasteiger partial charge in [-0.05, 0) is 24.3 Å². The molecule has 2 rings (SSSR count). The summed E-state index contributed by atoms with van der Waals surface area (Å²) in [7, 11) is 0. The standard InChI is InChI=1S/C14H17N5O/c15-11-6-7-13(18-10-11)16-8-9-17-14(20)19-12-4-2-1-3-5-12/h1-7,10H,8-9,15H2,(H,16,18)(H2,17,19,20). The zero-order valence-corrected chi connectivity index (χ0v) is 11.0. The lowest BCUT2D eigenvalue weighted by Crippen LogP contribution is -2.32. The quantitative estimate of drug-likeness (QED) is 0.625. The molecule has 2 aromatic rings. The van der Waals surface area contributed by atoms with Gasteiger partial charge in [-0.25, -0.2) is 9.78 Å². The number of pyridine rings is 1. The maximum absolute atomic E-state index is 11.6. The van der Waals surface area contributed by atoms with Crippen molar-refractivity contribution in [1.82, 2.24) is 10.3 Å². The van der Waals surface area contributed by atoms with E-state index in [2.05, 4.69) is 20.9 Å². The van der Waals surface area contributed by atoms with Gasteiger partial charge in [0.25, 0.3) is 0 Å². The van der Waals surface area contributed by atoms with Crippen molar-refractivity contribution in [2.24, 2.45) is 0 Å². The minimum absolute atomic E-state index is 0.233. The number of carbonyl (C=O) groups is 1. The number of nitrogens with one attached hydrogen (secondary N) is 3. The highest BCUT2D eigenvalue weighted by Crippen LogP contribution is 2.05. The van der Waals surface area contributed by atoms with E-state index in [-0.39, 0.29) is 6.03 Å². The molecule has 1 heterocycles. The molecule has 6 heteroatoms. The van der Waals surface area contributed by atoms with Crippen LogP contribution in [0.3, 0.4) is 0 Å². The zero-order valence-electron chi connectivity index (χ0n) is 11.0. The Morgan fingerprint density at radius 1 is 1.10 bits per heavy atom. The van der Waals surface area contributed by atoms with Crippen molar-refractivity contribution in [3.63, 3.8) is 0 Å². The number of aromatic nitrogens is 1. The molecule has 0 fully saturated rings. The third-order valence-electron chi connectivity index (χ3n) is 2.53. The lowest BCUT2D eigenvalue weighted by Gasteiger charge is -2.08. The van der Waals surface area contributed by atoms with Crippen LogP contribution in [0.15, 0.2) is 48.7 Å². The van der Waals surface area contributed by atoms with Crippen LogP contribution in [0.1, 0.15) is 0 Å². The Morgan fingerprint density at radius 3 is 2.60 bits per heavy atom. The zero-order chi connectivity index (χ0) is 14.2. The molecule has 2 amide bonds. The first-order chi connectivity index (χ1) is 9.74. The van der Waals surface area contributed by atoms with Gasteiger partial charge < -0.3 is 21.7 Å². The number of hydrogen-bond acceptors (Lipinski definition) is 4. The van der Waals surface area contributed by atoms with Crippen LogP contribution < -0.4 is 21.7 Å². The maximum Gasteiger partial charge on any atom is 0.319 e. The first-order valence-corrected chi connectivity index (χ1v) is 6.29. The molecule has 1 aromatic carbocycles. The fourth-order valence-corrected chi connectivity index (χ4v) is 1.57. The van der Waals surface area contributed by atoms with Gasteiger partial charge in [0.15, 0.2) is 0 Å². The molecule has 0 bridgehead atoms. The number of para-hydroxylation sites is 1. The summed E-state index contributed by atoms with van der Waals surface area (Å²) in [5, 5.41) is 8.57. The molecule has 5 N–H and O–H groups in total. The number of anilines is 3. The van der Waals surface area contributed by atoms with Crippen LogP contribution in [-0.4, -0.2) is 24.1 Å². The minimum atomic E-state index is -0.233. The molecule has 0 spiro atoms. The molecule has 0 aliphatic carbocycles. The highest BCUT2D eigenvalue weighted by atomic mass is 16.2. The molecule has 1 aromatic heterocycles. The molecule has 0 saturated heterocycles. The van der Waals surface area contributed by atoms with E-state index in [9.17, 15) is 4.79 Å². The van der Waals surface area contributed by atoms with Crippen LogP contribution >= 0.6 is 0 Å². The molecule has 0 aliphatic rings. The van der Waals surface area contributed by atoms with Crippen LogP contribution in [0, 0.1) is 0 Å². The lowest BCUT2D eigenvalue weighted by molar-refractivity contribution is 0.252. The van der Waals surface area contributed by atoms with E-state index in [1.54, 1.807) is 18.3 Å². The van der Waals surface area contributed by atoms with Crippen LogP contribution in [0.4, 0.5) is 22.0 Å². The summed E-state index contributed by atoms with van der Waals surface area (Å²) >= 11 is 0. The molecule has 0 saturated carbocycles. The predicted octanol–water partition coefficient (Wildman–Crippen LogP) is 1.90. The van der Waals surface area contributed by atoms with Crippen LogP contribution in [-0.2, 0) is 0 Å². The van der Waals surface area contributed by atoms with Gasteiger partial charge in [0.05, 0.1) is 11.9 Å². The Bertz CT molecular complexity index is 541. The van der Waals surface area contributed by atoms with Crippen molar-refractivity contribution in [1.29, 1.82) is 0 Å². The van der Waals surface area contributed by atoms with Crippen molar-refractivity contribution in [3.05, 3.63) is 48.7 Å². The largest absolute Gasteiger partial charge is 0.397 e. The highest BCUT2D eigenvalue weighted by molar-refractivity contribution is 5.89. The third kappa shape index (κ3) is 4.49. The predicted molar refractivity (Wildman–Crippen MR) is 80.6 cm³/mol. The lowest BCUT2D eigenvalue weighted by atomic mass is 10.3. The molecule has 0 radical (unpaired) electrons. The first-order valence-electron chi connectivity index (χ1n) is 6.29. The molecule has 0 unspecified atom stereocenters. The Balaban J connectivity index is 1.66. The number of hydrogen-bond donors (Lipinski definition) is 4. The second-order valence-electron chi connectivity index (χ2n) is 4.15. The number of rotatable bonds is 5. The van der Waals surface area contributed by atoms with E-state index in [4.69, 9.17) is 5.73 Å². The van der Waals surface area contributed by atoms with Gasteiger partial charge >= 0.3 is 6.03 Å². The number of urea groups is 1. The second-order valence-corrected chi connectivity index (χ2v) is 4.15. The average Bonchev–Trinajstić information content (AvgIpc) is 2.46. The smallest absolute Gasteiger partial charge is 0.319 e. The number of amides is 2. The van der Waals surface area contributed by atoms with Crippen molar-refractivity contribution in [3.8, 4) is 0 Å². The van der Waals surface area contributed by atoms with Crippen LogP contribution in [0.25, 0.3) is 0 Å². The normalized spacial score (nSPS) is 9.80. The van der Waals surface area contributed by atoms with Crippen molar-refractivity contribution < 1.29 is 4.79 Å². The van der Waals surface area contributed by atoms with Gasteiger partial charge in [0.1, 0.15) is 5.82 Å². The topological polar surface area (TPSA) is 92.1 Å². The van der Waals surface area contributed by atoms with Crippen molar-refractivity contribution in [2.75, 3.05) is 29.5 Å². The fourth-order valence-electron chi connectivity index (χ4n) is 1.57. The van der Waals surface area contributed by atoms with E-state index >= 15 is 0 Å². The number of nitrogens with two attached hydrogens (primary N) is 1. The van der Waals surface area contributed by atoms with Gasteiger partial charge in [0.2, 0.25) is 0 Å². The van der Waals surface area contributed by atoms with Crippen molar-refractivity contribution in [2.45, 2.75) is 0 Å². The Labute approximate surface area is 117 Å². The van der Waals surface area contributed by atoms with Crippen LogP contribution in [0.2, 0.25) is 0 Å². The SMILES string of the molecule is Nc1ccc(NCCNC(=O)Nc2ccccc2)nc1. The monoisotopic (exact) mass is 271 g/mol. The van der Waals surface area contributed by atoms with Crippen LogP contribution in [0.5, 0.6) is 0 Å². The number of carbonyl (C=O) groups excluding carboxylic acids is 1. The Morgan fingerprint density at radius 2 is 1.90 bits per heavy atom. The Kier molecular flexibility index (Phi) is 4.77. The Hall–Kier alpha value is -2.76. The van der Waals surface area contributed by atoms with Gasteiger partial charge in [-0.2, -0.15) is 0 Å². The summed E-state index contributed by atoms with van der Waals surface area (Å²) < 4.78 is 0. The molecule has 104 valence electrons. The number of nitrogen functional groups attached to an aromatic ring is 1. The summed E-state index contributed by atoms with van der Waals surface area (Å²) in [6, 6.07) is 12.6. The van der Waals surface area contributed by atoms with E-state index in [1.807, 2.05) is 30.3 Å². The minimum Gasteiger partial charge on any atom is -0.397 e. The highest BCUT2D eigenvalue weighted by Gasteiger charge is 1.99. The number of nitrogens with zero attached hydrogens (tertiary/aromatic N) is 1. The van der Waals surface area contributed by atoms with Gasteiger partial charge in [0, 0.05) is 18.8 Å². The maximum atomic E-state index is 11.6. The first kappa shape index (κ1) is 13.7. The van der Waals surface area contributed by atoms with Gasteiger partial charge in [-0.3, -0.25) is 0 Å². The fraction of sp³-hybridized carbons (Fsp3) is 0.143. The molecule has 20 heavy (non-hydrogen) atoms. The summed E-state index contributed by atoms with van der Waals surface area (Å²) in [5.41, 5.74) is 6.92. The van der Waals surface area contributed by atoms with E-state index in [0.29, 0.717) is 18.8 Å². The second kappa shape index (κ2) is 6.98. The molecule has 0 atom stereocenters. The van der Waals surface area contributed by atoms with Gasteiger partial charge in [-0.15, -0.1) is 0 Å². The number of benzene rings is 1. The van der Waals surface area contributed by atoms with E-state index in [1.165, 1.54) is 0 Å². The summed E-state index contributed by atoms with van der Waals surface area (Å²) in [6.07, 6.45) is 1.58. The van der Waals surface area contributed by atoms with Gasteiger partial charge in [-0.1, -0.05) is 18.2 Å². The third-order valence-corrected chi connectivity index (χ3v) is 2.53. The summed E-state index contributed by atoms with van der Waals surface area (Å²) in [4.78, 5) is 15.7. The summed E-state index contributed by atoms with van der Waals surface area (Å²) in [5.74, 6) is 0.726. The molecule has 0 aliphatic heterocycles.